The van der Waals surface area contributed by atoms with E-state index in [1.807, 2.05) is 11.8 Å². The average Bonchev–Trinajstić information content (AvgIpc) is 2.47. The Balaban J connectivity index is 2.10. The summed E-state index contributed by atoms with van der Waals surface area (Å²) in [6, 6.07) is 8.16. The van der Waals surface area contributed by atoms with Crippen molar-refractivity contribution in [2.45, 2.75) is 17.9 Å². The van der Waals surface area contributed by atoms with E-state index in [9.17, 15) is 8.42 Å². The predicted octanol–water partition coefficient (Wildman–Crippen LogP) is 1.56. The van der Waals surface area contributed by atoms with E-state index in [1.54, 1.807) is 12.1 Å². The first-order valence-corrected chi connectivity index (χ1v) is 8.16. The van der Waals surface area contributed by atoms with Crippen LogP contribution in [0.3, 0.4) is 0 Å². The first-order chi connectivity index (χ1) is 9.45. The molecule has 2 rings (SSSR count). The van der Waals surface area contributed by atoms with Crippen LogP contribution in [-0.4, -0.2) is 49.8 Å². The molecule has 1 atom stereocenters. The summed E-state index contributed by atoms with van der Waals surface area (Å²) in [7, 11) is -3.47. The molecular formula is C13H16ClN3O2S. The maximum Gasteiger partial charge on any atom is 0.243 e. The topological polar surface area (TPSA) is 64.4 Å². The van der Waals surface area contributed by atoms with E-state index in [-0.39, 0.29) is 10.9 Å². The summed E-state index contributed by atoms with van der Waals surface area (Å²) in [5, 5.41) is 9.39. The van der Waals surface area contributed by atoms with Crippen molar-refractivity contribution in [2.75, 3.05) is 26.2 Å². The van der Waals surface area contributed by atoms with E-state index in [0.717, 1.165) is 0 Å². The lowest BCUT2D eigenvalue weighted by Gasteiger charge is -2.35. The Bertz CT molecular complexity index is 601. The lowest BCUT2D eigenvalue weighted by atomic mass is 10.2. The second-order valence-electron chi connectivity index (χ2n) is 4.70. The van der Waals surface area contributed by atoms with Gasteiger partial charge in [-0.3, -0.25) is 4.90 Å². The van der Waals surface area contributed by atoms with Crippen molar-refractivity contribution in [3.05, 3.63) is 29.3 Å². The highest BCUT2D eigenvalue weighted by Gasteiger charge is 2.29. The van der Waals surface area contributed by atoms with Gasteiger partial charge in [0.15, 0.2) is 0 Å². The maximum absolute atomic E-state index is 12.4. The first kappa shape index (κ1) is 15.3. The zero-order chi connectivity index (χ0) is 14.8. The van der Waals surface area contributed by atoms with Gasteiger partial charge in [-0.25, -0.2) is 8.42 Å². The zero-order valence-corrected chi connectivity index (χ0v) is 12.7. The van der Waals surface area contributed by atoms with Gasteiger partial charge in [-0.15, -0.1) is 0 Å². The molecule has 1 aliphatic rings. The van der Waals surface area contributed by atoms with Crippen LogP contribution < -0.4 is 0 Å². The highest BCUT2D eigenvalue weighted by molar-refractivity contribution is 7.89. The molecule has 1 heterocycles. The Labute approximate surface area is 124 Å². The van der Waals surface area contributed by atoms with Crippen LogP contribution in [0.15, 0.2) is 29.2 Å². The molecule has 1 aromatic carbocycles. The van der Waals surface area contributed by atoms with Crippen molar-refractivity contribution in [1.29, 1.82) is 5.26 Å². The number of hydrogen-bond acceptors (Lipinski definition) is 4. The van der Waals surface area contributed by atoms with Crippen LogP contribution in [0.25, 0.3) is 0 Å². The van der Waals surface area contributed by atoms with Gasteiger partial charge in [0.25, 0.3) is 0 Å². The number of nitrogens with zero attached hydrogens (tertiary/aromatic N) is 3. The summed E-state index contributed by atoms with van der Waals surface area (Å²) in [5.74, 6) is 0. The lowest BCUT2D eigenvalue weighted by molar-refractivity contribution is 0.169. The third-order valence-electron chi connectivity index (χ3n) is 3.46. The second kappa shape index (κ2) is 6.10. The number of benzene rings is 1. The van der Waals surface area contributed by atoms with Crippen molar-refractivity contribution >= 4 is 21.6 Å². The molecule has 0 amide bonds. The Kier molecular flexibility index (Phi) is 4.66. The van der Waals surface area contributed by atoms with Crippen LogP contribution >= 0.6 is 11.6 Å². The molecule has 0 N–H and O–H groups in total. The van der Waals surface area contributed by atoms with E-state index in [0.29, 0.717) is 31.2 Å². The number of hydrogen-bond donors (Lipinski definition) is 0. The molecule has 7 heteroatoms. The van der Waals surface area contributed by atoms with Gasteiger partial charge in [0.05, 0.1) is 17.0 Å². The van der Waals surface area contributed by atoms with Crippen LogP contribution in [0.5, 0.6) is 0 Å². The van der Waals surface area contributed by atoms with Gasteiger partial charge in [-0.05, 0) is 31.2 Å². The SMILES string of the molecule is C[C@@H](C#N)N1CCN(S(=O)(=O)c2ccc(Cl)cc2)CC1. The Morgan fingerprint density at radius 1 is 1.20 bits per heavy atom. The van der Waals surface area contributed by atoms with Crippen molar-refractivity contribution < 1.29 is 8.42 Å². The van der Waals surface area contributed by atoms with Crippen LogP contribution in [0.4, 0.5) is 0 Å². The van der Waals surface area contributed by atoms with Gasteiger partial charge in [-0.1, -0.05) is 11.6 Å². The predicted molar refractivity (Wildman–Crippen MR) is 76.9 cm³/mol. The highest BCUT2D eigenvalue weighted by Crippen LogP contribution is 2.20. The Hall–Kier alpha value is -1.13. The van der Waals surface area contributed by atoms with Crippen molar-refractivity contribution in [2.24, 2.45) is 0 Å². The number of sulfonamides is 1. The first-order valence-electron chi connectivity index (χ1n) is 6.34. The number of nitriles is 1. The quantitative estimate of drug-likeness (QED) is 0.849. The molecule has 0 aliphatic carbocycles. The third-order valence-corrected chi connectivity index (χ3v) is 5.62. The standard InChI is InChI=1S/C13H16ClN3O2S/c1-11(10-15)16-6-8-17(9-7-16)20(18,19)13-4-2-12(14)3-5-13/h2-5,11H,6-9H2,1H3/t11-/m0/s1. The summed E-state index contributed by atoms with van der Waals surface area (Å²) in [6.07, 6.45) is 0. The van der Waals surface area contributed by atoms with E-state index in [2.05, 4.69) is 6.07 Å². The molecule has 0 bridgehead atoms. The number of piperazine rings is 1. The van der Waals surface area contributed by atoms with Crippen LogP contribution in [0.2, 0.25) is 5.02 Å². The molecule has 0 aromatic heterocycles. The smallest absolute Gasteiger partial charge is 0.243 e. The van der Waals surface area contributed by atoms with Crippen LogP contribution in [0.1, 0.15) is 6.92 Å². The zero-order valence-electron chi connectivity index (χ0n) is 11.2. The van der Waals surface area contributed by atoms with Gasteiger partial charge < -0.3 is 0 Å². The van der Waals surface area contributed by atoms with E-state index in [4.69, 9.17) is 16.9 Å². The molecule has 1 fully saturated rings. The van der Waals surface area contributed by atoms with Crippen molar-refractivity contribution in [3.63, 3.8) is 0 Å². The largest absolute Gasteiger partial charge is 0.286 e. The van der Waals surface area contributed by atoms with E-state index in [1.165, 1.54) is 16.4 Å². The van der Waals surface area contributed by atoms with Crippen LogP contribution in [0, 0.1) is 11.3 Å². The van der Waals surface area contributed by atoms with Crippen molar-refractivity contribution in [3.8, 4) is 6.07 Å². The van der Waals surface area contributed by atoms with Gasteiger partial charge in [0.1, 0.15) is 0 Å². The lowest BCUT2D eigenvalue weighted by Crippen LogP contribution is -2.50. The molecule has 1 saturated heterocycles. The monoisotopic (exact) mass is 313 g/mol. The normalized spacial score (nSPS) is 19.4. The molecule has 108 valence electrons. The number of halogens is 1. The maximum atomic E-state index is 12.4. The summed E-state index contributed by atoms with van der Waals surface area (Å²) in [5.41, 5.74) is 0. The summed E-state index contributed by atoms with van der Waals surface area (Å²) < 4.78 is 26.3. The van der Waals surface area contributed by atoms with Crippen molar-refractivity contribution in [1.82, 2.24) is 9.21 Å². The van der Waals surface area contributed by atoms with Gasteiger partial charge in [0.2, 0.25) is 10.0 Å². The highest BCUT2D eigenvalue weighted by atomic mass is 35.5. The summed E-state index contributed by atoms with van der Waals surface area (Å²) >= 11 is 5.77. The summed E-state index contributed by atoms with van der Waals surface area (Å²) in [6.45, 7) is 3.76. The van der Waals surface area contributed by atoms with E-state index >= 15 is 0 Å². The van der Waals surface area contributed by atoms with Gasteiger partial charge >= 0.3 is 0 Å². The van der Waals surface area contributed by atoms with E-state index < -0.39 is 10.0 Å². The van der Waals surface area contributed by atoms with Gasteiger partial charge in [0, 0.05) is 31.2 Å². The molecule has 20 heavy (non-hydrogen) atoms. The minimum absolute atomic E-state index is 0.185. The molecule has 5 nitrogen and oxygen atoms in total. The fraction of sp³-hybridized carbons (Fsp3) is 0.462. The molecule has 0 unspecified atom stereocenters. The fourth-order valence-corrected chi connectivity index (χ4v) is 3.72. The molecule has 0 radical (unpaired) electrons. The van der Waals surface area contributed by atoms with Gasteiger partial charge in [-0.2, -0.15) is 9.57 Å². The van der Waals surface area contributed by atoms with Crippen LogP contribution in [-0.2, 0) is 10.0 Å². The second-order valence-corrected chi connectivity index (χ2v) is 7.07. The Morgan fingerprint density at radius 2 is 1.75 bits per heavy atom. The minimum Gasteiger partial charge on any atom is -0.286 e. The fourth-order valence-electron chi connectivity index (χ4n) is 2.17. The molecule has 1 aliphatic heterocycles. The summed E-state index contributed by atoms with van der Waals surface area (Å²) in [4.78, 5) is 2.23. The Morgan fingerprint density at radius 3 is 2.25 bits per heavy atom. The number of rotatable bonds is 3. The molecule has 0 saturated carbocycles. The minimum atomic E-state index is -3.47. The molecule has 0 spiro atoms. The molecular weight excluding hydrogens is 298 g/mol. The average molecular weight is 314 g/mol. The molecule has 1 aromatic rings. The third kappa shape index (κ3) is 3.13.